The molecule has 0 radical (unpaired) electrons. The first-order valence-corrected chi connectivity index (χ1v) is 13.2. The maximum atomic E-state index is 14.4. The highest BCUT2D eigenvalue weighted by Gasteiger charge is 2.25. The highest BCUT2D eigenvalue weighted by atomic mass is 19.1. The van der Waals surface area contributed by atoms with Crippen molar-refractivity contribution in [1.82, 2.24) is 14.5 Å². The standard InChI is InChI=1S/C31H34FN3O3/c1-20(2)34-15-7-8-21(18-34)19-35-30(24-9-5-6-10-28(24)37-3)33-27-13-11-22(16-25(27)31(35)36)23-12-14-29(38-4)26(32)17-23/h5-6,9-14,16-17,20-21H,7-8,15,18-19H2,1-4H3. The molecule has 6 nitrogen and oxygen atoms in total. The van der Waals surface area contributed by atoms with Crippen LogP contribution in [0.15, 0.2) is 65.5 Å². The molecule has 0 bridgehead atoms. The third-order valence-corrected chi connectivity index (χ3v) is 7.51. The number of nitrogens with zero attached hydrogens (tertiary/aromatic N) is 3. The molecule has 4 aromatic rings. The summed E-state index contributed by atoms with van der Waals surface area (Å²) in [6.07, 6.45) is 2.17. The summed E-state index contributed by atoms with van der Waals surface area (Å²) in [5, 5.41) is 0.508. The van der Waals surface area contributed by atoms with Crippen LogP contribution in [-0.2, 0) is 6.54 Å². The van der Waals surface area contributed by atoms with Crippen molar-refractivity contribution in [1.29, 1.82) is 0 Å². The van der Waals surface area contributed by atoms with Crippen LogP contribution in [0, 0.1) is 11.7 Å². The number of ether oxygens (including phenoxy) is 2. The molecule has 1 fully saturated rings. The van der Waals surface area contributed by atoms with Gasteiger partial charge in [-0.1, -0.05) is 24.3 Å². The number of halogens is 1. The molecule has 0 spiro atoms. The number of methoxy groups -OCH3 is 2. The van der Waals surface area contributed by atoms with Crippen LogP contribution in [0.1, 0.15) is 26.7 Å². The molecule has 1 aliphatic rings. The first-order chi connectivity index (χ1) is 18.4. The number of piperidine rings is 1. The second-order valence-corrected chi connectivity index (χ2v) is 10.2. The number of aromatic nitrogens is 2. The van der Waals surface area contributed by atoms with E-state index in [1.165, 1.54) is 13.2 Å². The van der Waals surface area contributed by atoms with Crippen LogP contribution in [0.5, 0.6) is 11.5 Å². The van der Waals surface area contributed by atoms with Crippen molar-refractivity contribution in [2.45, 2.75) is 39.3 Å². The van der Waals surface area contributed by atoms with Crippen LogP contribution in [0.3, 0.4) is 0 Å². The van der Waals surface area contributed by atoms with Gasteiger partial charge in [0.1, 0.15) is 11.6 Å². The Kier molecular flexibility index (Phi) is 7.47. The van der Waals surface area contributed by atoms with E-state index in [1.54, 1.807) is 19.2 Å². The van der Waals surface area contributed by atoms with E-state index < -0.39 is 5.82 Å². The lowest BCUT2D eigenvalue weighted by atomic mass is 9.96. The van der Waals surface area contributed by atoms with Gasteiger partial charge in [0.05, 0.1) is 30.7 Å². The average molecular weight is 516 g/mol. The first kappa shape index (κ1) is 25.9. The molecular weight excluding hydrogens is 481 g/mol. The molecule has 0 amide bonds. The molecule has 1 saturated heterocycles. The summed E-state index contributed by atoms with van der Waals surface area (Å²) in [5.41, 5.74) is 2.69. The van der Waals surface area contributed by atoms with Gasteiger partial charge in [0.15, 0.2) is 11.6 Å². The molecule has 198 valence electrons. The van der Waals surface area contributed by atoms with Gasteiger partial charge < -0.3 is 14.4 Å². The van der Waals surface area contributed by atoms with Crippen LogP contribution in [0.25, 0.3) is 33.4 Å². The summed E-state index contributed by atoms with van der Waals surface area (Å²) < 4.78 is 26.9. The molecule has 1 aromatic heterocycles. The van der Waals surface area contributed by atoms with Crippen LogP contribution >= 0.6 is 0 Å². The minimum absolute atomic E-state index is 0.103. The van der Waals surface area contributed by atoms with Crippen LogP contribution in [0.4, 0.5) is 4.39 Å². The van der Waals surface area contributed by atoms with E-state index in [4.69, 9.17) is 14.5 Å². The van der Waals surface area contributed by atoms with Gasteiger partial charge >= 0.3 is 0 Å². The number of hydrogen-bond donors (Lipinski definition) is 0. The minimum atomic E-state index is -0.445. The van der Waals surface area contributed by atoms with Crippen molar-refractivity contribution in [2.75, 3.05) is 27.3 Å². The summed E-state index contributed by atoms with van der Waals surface area (Å²) in [5.74, 6) is 1.34. The third-order valence-electron chi connectivity index (χ3n) is 7.51. The molecule has 5 rings (SSSR count). The lowest BCUT2D eigenvalue weighted by Gasteiger charge is -2.36. The van der Waals surface area contributed by atoms with E-state index in [0.717, 1.165) is 37.1 Å². The monoisotopic (exact) mass is 515 g/mol. The van der Waals surface area contributed by atoms with Crippen LogP contribution in [0.2, 0.25) is 0 Å². The van der Waals surface area contributed by atoms with Crippen molar-refractivity contribution in [3.8, 4) is 34.0 Å². The first-order valence-electron chi connectivity index (χ1n) is 13.2. The topological polar surface area (TPSA) is 56.6 Å². The second kappa shape index (κ2) is 11.0. The maximum absolute atomic E-state index is 14.4. The Hall–Kier alpha value is -3.71. The van der Waals surface area contributed by atoms with Crippen molar-refractivity contribution >= 4 is 10.9 Å². The Labute approximate surface area is 222 Å². The van der Waals surface area contributed by atoms with Gasteiger partial charge in [-0.2, -0.15) is 0 Å². The molecule has 3 aromatic carbocycles. The Balaban J connectivity index is 1.65. The second-order valence-electron chi connectivity index (χ2n) is 10.2. The Morgan fingerprint density at radius 2 is 1.74 bits per heavy atom. The van der Waals surface area contributed by atoms with Crippen molar-refractivity contribution in [3.05, 3.63) is 76.8 Å². The van der Waals surface area contributed by atoms with Crippen molar-refractivity contribution in [3.63, 3.8) is 0 Å². The van der Waals surface area contributed by atoms with Gasteiger partial charge in [0.2, 0.25) is 0 Å². The molecule has 2 heterocycles. The van der Waals surface area contributed by atoms with Gasteiger partial charge in [-0.25, -0.2) is 9.37 Å². The van der Waals surface area contributed by atoms with Crippen molar-refractivity contribution < 1.29 is 13.9 Å². The van der Waals surface area contributed by atoms with E-state index in [2.05, 4.69) is 18.7 Å². The molecule has 1 unspecified atom stereocenters. The van der Waals surface area contributed by atoms with E-state index in [9.17, 15) is 9.18 Å². The summed E-state index contributed by atoms with van der Waals surface area (Å²) in [6.45, 7) is 7.03. The zero-order valence-corrected chi connectivity index (χ0v) is 22.4. The van der Waals surface area contributed by atoms with E-state index >= 15 is 0 Å². The molecule has 0 N–H and O–H groups in total. The molecule has 1 atom stereocenters. The summed E-state index contributed by atoms with van der Waals surface area (Å²) in [6, 6.07) is 18.5. The molecule has 38 heavy (non-hydrogen) atoms. The predicted octanol–water partition coefficient (Wildman–Crippen LogP) is 6.01. The fourth-order valence-electron chi connectivity index (χ4n) is 5.42. The van der Waals surface area contributed by atoms with Gasteiger partial charge in [0.25, 0.3) is 5.56 Å². The van der Waals surface area contributed by atoms with Gasteiger partial charge in [-0.15, -0.1) is 0 Å². The van der Waals surface area contributed by atoms with Crippen molar-refractivity contribution in [2.24, 2.45) is 5.92 Å². The third kappa shape index (κ3) is 5.03. The van der Waals surface area contributed by atoms with Crippen LogP contribution < -0.4 is 15.0 Å². The quantitative estimate of drug-likeness (QED) is 0.302. The Bertz CT molecular complexity index is 1510. The van der Waals surface area contributed by atoms with E-state index in [1.807, 2.05) is 47.0 Å². The normalized spacial score (nSPS) is 16.2. The fraction of sp³-hybridized carbons (Fsp3) is 0.355. The fourth-order valence-corrected chi connectivity index (χ4v) is 5.42. The highest BCUT2D eigenvalue weighted by molar-refractivity contribution is 5.85. The summed E-state index contributed by atoms with van der Waals surface area (Å²) >= 11 is 0. The number of hydrogen-bond acceptors (Lipinski definition) is 5. The largest absolute Gasteiger partial charge is 0.496 e. The lowest BCUT2D eigenvalue weighted by Crippen LogP contribution is -2.42. The Morgan fingerprint density at radius 3 is 2.47 bits per heavy atom. The molecule has 0 saturated carbocycles. The average Bonchev–Trinajstić information content (AvgIpc) is 2.94. The number of rotatable bonds is 7. The minimum Gasteiger partial charge on any atom is -0.496 e. The molecule has 0 aliphatic carbocycles. The zero-order chi connectivity index (χ0) is 26.8. The molecular formula is C31H34FN3O3. The SMILES string of the molecule is COc1ccc(-c2ccc3nc(-c4ccccc4OC)n(CC4CCCN(C(C)C)C4)c(=O)c3c2)cc1F. The maximum Gasteiger partial charge on any atom is 0.261 e. The Morgan fingerprint density at radius 1 is 1.00 bits per heavy atom. The van der Waals surface area contributed by atoms with E-state index in [-0.39, 0.29) is 11.3 Å². The summed E-state index contributed by atoms with van der Waals surface area (Å²) in [7, 11) is 3.07. The number of benzene rings is 3. The number of likely N-dealkylation sites (tertiary alicyclic amines) is 1. The zero-order valence-electron chi connectivity index (χ0n) is 22.4. The number of para-hydroxylation sites is 1. The smallest absolute Gasteiger partial charge is 0.261 e. The van der Waals surface area contributed by atoms with Crippen LogP contribution in [-0.4, -0.2) is 47.8 Å². The van der Waals surface area contributed by atoms with Gasteiger partial charge in [0, 0.05) is 19.1 Å². The molecule has 1 aliphatic heterocycles. The predicted molar refractivity (Wildman–Crippen MR) is 149 cm³/mol. The molecule has 7 heteroatoms. The number of fused-ring (bicyclic) bond motifs is 1. The van der Waals surface area contributed by atoms with E-state index in [0.29, 0.717) is 46.5 Å². The lowest BCUT2D eigenvalue weighted by molar-refractivity contribution is 0.130. The van der Waals surface area contributed by atoms with Gasteiger partial charge in [-0.3, -0.25) is 9.36 Å². The highest BCUT2D eigenvalue weighted by Crippen LogP contribution is 2.32. The summed E-state index contributed by atoms with van der Waals surface area (Å²) in [4.78, 5) is 21.6. The van der Waals surface area contributed by atoms with Gasteiger partial charge in [-0.05, 0) is 86.7 Å².